The Kier molecular flexibility index (Phi) is 19.7. The van der Waals surface area contributed by atoms with Gasteiger partial charge in [0.1, 0.15) is 30.8 Å². The van der Waals surface area contributed by atoms with Crippen LogP contribution in [0.3, 0.4) is 0 Å². The van der Waals surface area contributed by atoms with Crippen molar-refractivity contribution in [2.24, 2.45) is 0 Å². The monoisotopic (exact) mass is 1730 g/mol. The number of rotatable bonds is 9. The molecule has 20 nitrogen and oxygen atoms in total. The van der Waals surface area contributed by atoms with Gasteiger partial charge in [-0.1, -0.05) is 97.1 Å². The van der Waals surface area contributed by atoms with Crippen molar-refractivity contribution >= 4 is 173 Å². The SMILES string of the molecule is [2H]C(C)(C)N1C=CN(c2c(C)ccc3c2oc2nc(C)ccc23)[C@H]1C.[2H]C(C)(C)N1C=CN(c2c(C)ccc3c2oc2nc(C)ccc23)[C@H]1C.[2H]C(C)(C)N1c2ccccc2N(c2c(C)ccc3c2oc2nc(C)ccc23)[C@H]1C.[2H]C(C)(C)N1c2ccccc2N(c2c(C)ccc3c2oc2nc(C)ccc23)[C@H]1C.[2H]C([2H])([2H])N1c2ccccc2N(c2c(C)ccc3c2oc2nc(C)ccc23)[C@H]1C. The molecule has 0 saturated heterocycles. The van der Waals surface area contributed by atoms with Crippen LogP contribution in [0.2, 0.25) is 0 Å². The minimum absolute atomic E-state index is 0.0212. The Morgan fingerprint density at radius 1 is 0.262 bits per heavy atom. The number of benzene rings is 8. The lowest BCUT2D eigenvalue weighted by Crippen LogP contribution is -2.42. The Morgan fingerprint density at radius 3 is 0.762 bits per heavy atom. The van der Waals surface area contributed by atoms with Gasteiger partial charge in [-0.25, -0.2) is 24.9 Å². The third-order valence-corrected chi connectivity index (χ3v) is 26.2. The van der Waals surface area contributed by atoms with Crippen LogP contribution in [0, 0.1) is 69.2 Å². The lowest BCUT2D eigenvalue weighted by Gasteiger charge is -2.33. The summed E-state index contributed by atoms with van der Waals surface area (Å²) in [7, 11) is 0. The predicted molar refractivity (Wildman–Crippen MR) is 539 cm³/mol. The van der Waals surface area contributed by atoms with E-state index in [9.17, 15) is 0 Å². The third kappa shape index (κ3) is 14.3. The zero-order valence-electron chi connectivity index (χ0n) is 85.4. The Bertz CT molecular complexity index is 7270. The van der Waals surface area contributed by atoms with E-state index in [4.69, 9.17) is 31.7 Å². The molecular formula is C110H117N15O5. The maximum Gasteiger partial charge on any atom is 0.227 e. The Morgan fingerprint density at radius 2 is 0.500 bits per heavy atom. The smallest absolute Gasteiger partial charge is 0.227 e. The third-order valence-electron chi connectivity index (χ3n) is 26.2. The van der Waals surface area contributed by atoms with Gasteiger partial charge < -0.3 is 71.1 Å². The van der Waals surface area contributed by atoms with Crippen molar-refractivity contribution in [1.82, 2.24) is 34.7 Å². The van der Waals surface area contributed by atoms with Gasteiger partial charge in [0.05, 0.1) is 68.0 Å². The second-order valence-corrected chi connectivity index (χ2v) is 35.9. The van der Waals surface area contributed by atoms with Gasteiger partial charge in [-0.3, -0.25) is 0 Å². The van der Waals surface area contributed by atoms with E-state index in [1.807, 2.05) is 217 Å². The van der Waals surface area contributed by atoms with Crippen LogP contribution < -0.4 is 39.2 Å². The molecule has 0 fully saturated rings. The van der Waals surface area contributed by atoms with Gasteiger partial charge >= 0.3 is 0 Å². The Labute approximate surface area is 770 Å². The van der Waals surface area contributed by atoms with Crippen LogP contribution in [0.4, 0.5) is 62.6 Å². The van der Waals surface area contributed by atoms with E-state index in [0.29, 0.717) is 34.3 Å². The van der Waals surface area contributed by atoms with Crippen molar-refractivity contribution in [2.75, 3.05) is 46.2 Å². The maximum atomic E-state index is 8.74. The number of aryl methyl sites for hydroxylation is 10. The number of nitrogens with zero attached hydrogens (tertiary/aromatic N) is 15. The van der Waals surface area contributed by atoms with Crippen LogP contribution in [0.15, 0.2) is 241 Å². The molecule has 0 saturated carbocycles. The standard InChI is InChI=1S/2C24H25N3O.C22H21N3O.2C20H23N3O/c2*1-14(2)26-17(5)27(21-9-7-6-8-20(21)26)22-15(3)10-12-18-19-13-11-16(4)25-24(19)28-23(18)22;1-13-9-11-16-17-12-10-14(2)23-22(17)26-21(16)20(13)25-15(3)24(4)18-7-5-6-8-19(18)25;2*1-12(2)22-10-11-23(15(22)5)18-13(3)6-8-16-17-9-7-14(4)21-20(17)24-19(16)18/h2*6-14,17H,1-5H3;5-12,15H,1-4H3;2*6-12,15H,1-5H3/t2*17-;3*15-/m00000/s1/i2*14D;4D3;2*12D. The lowest BCUT2D eigenvalue weighted by atomic mass is 10.1. The van der Waals surface area contributed by atoms with Gasteiger partial charge in [0.25, 0.3) is 0 Å². The molecule has 8 aromatic carbocycles. The first-order chi connectivity index (χ1) is 64.8. The molecule has 0 aliphatic carbocycles. The highest BCUT2D eigenvalue weighted by atomic mass is 16.4. The number of anilines is 11. The van der Waals surface area contributed by atoms with Crippen LogP contribution >= 0.6 is 0 Å². The van der Waals surface area contributed by atoms with Crippen molar-refractivity contribution in [3.8, 4) is 0 Å². The first-order valence-electron chi connectivity index (χ1n) is 48.4. The van der Waals surface area contributed by atoms with Gasteiger partial charge in [0.15, 0.2) is 27.9 Å². The molecule has 18 aromatic rings. The molecule has 5 atom stereocenters. The van der Waals surface area contributed by atoms with Crippen LogP contribution in [-0.4, -0.2) is 96.6 Å². The number of para-hydroxylation sites is 6. The second-order valence-electron chi connectivity index (χ2n) is 35.9. The summed E-state index contributed by atoms with van der Waals surface area (Å²) in [5, 5.41) is 10.4. The predicted octanol–water partition coefficient (Wildman–Crippen LogP) is 28.0. The number of aromatic nitrogens is 5. The van der Waals surface area contributed by atoms with Crippen LogP contribution in [-0.2, 0) is 0 Å². The molecule has 5 aliphatic heterocycles. The van der Waals surface area contributed by atoms with Gasteiger partial charge in [0.2, 0.25) is 28.6 Å². The molecule has 23 rings (SSSR count). The van der Waals surface area contributed by atoms with E-state index in [1.54, 1.807) is 0 Å². The van der Waals surface area contributed by atoms with E-state index < -0.39 is 37.2 Å². The molecule has 0 N–H and O–H groups in total. The average molecular weight is 1740 g/mol. The summed E-state index contributed by atoms with van der Waals surface area (Å²) in [6.45, 7) is 43.8. The van der Waals surface area contributed by atoms with Crippen molar-refractivity contribution in [3.63, 3.8) is 0 Å². The minimum Gasteiger partial charge on any atom is -0.435 e. The van der Waals surface area contributed by atoms with Gasteiger partial charge in [-0.2, -0.15) is 0 Å². The summed E-state index contributed by atoms with van der Waals surface area (Å²) < 4.78 is 89.6. The molecule has 0 bridgehead atoms. The Hall–Kier alpha value is -14.0. The van der Waals surface area contributed by atoms with Crippen molar-refractivity contribution in [1.29, 1.82) is 0 Å². The quantitative estimate of drug-likeness (QED) is 0.134. The number of fused-ring (bicyclic) bond motifs is 18. The molecule has 0 spiro atoms. The van der Waals surface area contributed by atoms with Crippen LogP contribution in [0.25, 0.3) is 110 Å². The molecule has 20 heteroatoms. The van der Waals surface area contributed by atoms with E-state index >= 15 is 0 Å². The summed E-state index contributed by atoms with van der Waals surface area (Å²) in [6, 6.07) is 62.9. The van der Waals surface area contributed by atoms with Crippen molar-refractivity contribution in [2.45, 2.75) is 214 Å². The topological polar surface area (TPSA) is 163 Å². The fourth-order valence-corrected chi connectivity index (χ4v) is 20.0. The summed E-state index contributed by atoms with van der Waals surface area (Å²) in [5.41, 5.74) is 28.6. The lowest BCUT2D eigenvalue weighted by molar-refractivity contribution is 0.263. The van der Waals surface area contributed by atoms with Crippen molar-refractivity contribution in [3.05, 3.63) is 275 Å². The first kappa shape index (κ1) is 77.2. The van der Waals surface area contributed by atoms with Crippen LogP contribution in [0.5, 0.6) is 0 Å². The zero-order chi connectivity index (χ0) is 97.4. The molecule has 662 valence electrons. The maximum absolute atomic E-state index is 8.74. The molecule has 130 heavy (non-hydrogen) atoms. The molecule has 5 aliphatic rings. The summed E-state index contributed by atoms with van der Waals surface area (Å²) >= 11 is 0. The first-order valence-corrected chi connectivity index (χ1v) is 44.9. The molecular weight excluding hydrogens is 1610 g/mol. The van der Waals surface area contributed by atoms with Gasteiger partial charge in [0, 0.05) is 142 Å². The number of hydrogen-bond donors (Lipinski definition) is 0. The van der Waals surface area contributed by atoms with Crippen molar-refractivity contribution < 1.29 is 31.7 Å². The van der Waals surface area contributed by atoms with Gasteiger partial charge in [-0.05, 0) is 284 Å². The highest BCUT2D eigenvalue weighted by Crippen LogP contribution is 2.54. The minimum atomic E-state index is -2.25. The second kappa shape index (κ2) is 33.2. The van der Waals surface area contributed by atoms with E-state index in [0.717, 1.165) is 195 Å². The van der Waals surface area contributed by atoms with Gasteiger partial charge in [-0.15, -0.1) is 0 Å². The summed E-state index contributed by atoms with van der Waals surface area (Å²) in [6.07, 6.45) is 7.69. The Balaban J connectivity index is 0.000000110. The molecule has 0 amide bonds. The highest BCUT2D eigenvalue weighted by Gasteiger charge is 2.41. The fourth-order valence-electron chi connectivity index (χ4n) is 20.0. The number of pyridine rings is 5. The summed E-state index contributed by atoms with van der Waals surface area (Å²) in [5.74, 6) is 0. The van der Waals surface area contributed by atoms with E-state index in [-0.39, 0.29) is 24.7 Å². The number of hydrogen-bond acceptors (Lipinski definition) is 20. The van der Waals surface area contributed by atoms with E-state index in [2.05, 4.69) is 230 Å². The fraction of sp³-hybridized carbons (Fsp3) is 0.300. The average Bonchev–Trinajstić information content (AvgIpc) is 1.61. The molecule has 10 aromatic heterocycles. The normalized spacial score (nSPS) is 18.3. The van der Waals surface area contributed by atoms with E-state index in [1.165, 1.54) is 4.90 Å². The molecule has 0 unspecified atom stereocenters. The largest absolute Gasteiger partial charge is 0.435 e. The number of furan rings is 5. The summed E-state index contributed by atoms with van der Waals surface area (Å²) in [4.78, 5) is 43.8. The zero-order valence-corrected chi connectivity index (χ0v) is 78.4. The molecule has 15 heterocycles. The molecule has 0 radical (unpaired) electrons. The highest BCUT2D eigenvalue weighted by molar-refractivity contribution is 6.14. The van der Waals surface area contributed by atoms with Crippen LogP contribution in [0.1, 0.15) is 156 Å².